The molecule has 2 N–H and O–H groups in total. The Morgan fingerprint density at radius 3 is 1.83 bits per heavy atom. The van der Waals surface area contributed by atoms with E-state index in [1.807, 2.05) is 0 Å². The van der Waals surface area contributed by atoms with Crippen molar-refractivity contribution in [1.29, 1.82) is 0 Å². The Kier molecular flexibility index (Phi) is 3.91. The van der Waals surface area contributed by atoms with Gasteiger partial charge in [-0.2, -0.15) is 0 Å². The minimum Gasteiger partial charge on any atom is -0.508 e. The number of thiocarbonyl (C=S) groups is 1. The van der Waals surface area contributed by atoms with Gasteiger partial charge in [-0.15, -0.1) is 0 Å². The van der Waals surface area contributed by atoms with Crippen molar-refractivity contribution >= 4 is 40.7 Å². The summed E-state index contributed by atoms with van der Waals surface area (Å²) < 4.78 is 5.07. The Labute approximate surface area is 137 Å². The summed E-state index contributed by atoms with van der Waals surface area (Å²) in [4.78, 5) is 24.3. The minimum absolute atomic E-state index is 0.0855. The molecule has 0 saturated heterocycles. The van der Waals surface area contributed by atoms with Crippen LogP contribution in [0.4, 0.5) is 0 Å². The van der Waals surface area contributed by atoms with Gasteiger partial charge >= 0.3 is 0 Å². The molecule has 2 aromatic rings. The summed E-state index contributed by atoms with van der Waals surface area (Å²) in [6.45, 7) is 0. The predicted molar refractivity (Wildman–Crippen MR) is 88.8 cm³/mol. The third kappa shape index (κ3) is 2.84. The predicted octanol–water partition coefficient (Wildman–Crippen LogP) is 2.30. The van der Waals surface area contributed by atoms with Crippen LogP contribution in [0.1, 0.15) is 11.1 Å². The molecule has 1 aliphatic rings. The van der Waals surface area contributed by atoms with E-state index in [-0.39, 0.29) is 16.9 Å². The molecule has 0 fully saturated rings. The standard InChI is InChI=1S/C17H11NO4S/c19-12-5-1-10(2-6-12)14-15(17(21)18-16(14)20)11-3-7-13(8-4-11)22-9-23/h1-9,19H,(H,18,20,21). The Balaban J connectivity index is 2.11. The molecule has 0 spiro atoms. The van der Waals surface area contributed by atoms with E-state index in [0.29, 0.717) is 16.9 Å². The van der Waals surface area contributed by atoms with Crippen LogP contribution in [0.15, 0.2) is 48.5 Å². The van der Waals surface area contributed by atoms with Crippen molar-refractivity contribution in [3.05, 3.63) is 59.7 Å². The van der Waals surface area contributed by atoms with Crippen LogP contribution >= 0.6 is 12.2 Å². The number of carbonyl (C=O) groups excluding carboxylic acids is 2. The molecule has 5 nitrogen and oxygen atoms in total. The molecule has 0 atom stereocenters. The molecule has 0 unspecified atom stereocenters. The number of carbonyl (C=O) groups is 2. The van der Waals surface area contributed by atoms with Gasteiger partial charge in [0.1, 0.15) is 11.5 Å². The molecule has 2 aromatic carbocycles. The molecule has 1 aliphatic heterocycles. The number of amides is 2. The van der Waals surface area contributed by atoms with Crippen molar-refractivity contribution in [2.24, 2.45) is 0 Å². The van der Waals surface area contributed by atoms with E-state index in [4.69, 9.17) is 4.74 Å². The molecule has 0 aliphatic carbocycles. The quantitative estimate of drug-likeness (QED) is 0.666. The molecular weight excluding hydrogens is 314 g/mol. The summed E-state index contributed by atoms with van der Waals surface area (Å²) in [6, 6.07) is 12.8. The van der Waals surface area contributed by atoms with Gasteiger partial charge in [0, 0.05) is 0 Å². The lowest BCUT2D eigenvalue weighted by atomic mass is 9.96. The monoisotopic (exact) mass is 325 g/mol. The molecule has 0 saturated carbocycles. The second-order valence-electron chi connectivity index (χ2n) is 4.82. The number of imide groups is 1. The van der Waals surface area contributed by atoms with Crippen LogP contribution in [0.2, 0.25) is 0 Å². The van der Waals surface area contributed by atoms with Gasteiger partial charge in [0.05, 0.1) is 11.1 Å². The largest absolute Gasteiger partial charge is 0.508 e. The van der Waals surface area contributed by atoms with Crippen molar-refractivity contribution in [2.45, 2.75) is 0 Å². The third-order valence-electron chi connectivity index (χ3n) is 3.41. The SMILES string of the molecule is O=C1NC(=O)C(c2ccc(OC=S)cc2)=C1c1ccc(O)cc1. The van der Waals surface area contributed by atoms with E-state index >= 15 is 0 Å². The van der Waals surface area contributed by atoms with Crippen LogP contribution in [-0.4, -0.2) is 22.5 Å². The molecule has 2 amide bonds. The van der Waals surface area contributed by atoms with E-state index in [0.717, 1.165) is 5.55 Å². The summed E-state index contributed by atoms with van der Waals surface area (Å²) in [5, 5.41) is 11.7. The van der Waals surface area contributed by atoms with Crippen LogP contribution in [0.5, 0.6) is 11.5 Å². The lowest BCUT2D eigenvalue weighted by Gasteiger charge is -2.06. The first kappa shape index (κ1) is 14.9. The maximum Gasteiger partial charge on any atom is 0.259 e. The topological polar surface area (TPSA) is 75.6 Å². The molecule has 0 aromatic heterocycles. The molecule has 0 bridgehead atoms. The molecule has 1 heterocycles. The van der Waals surface area contributed by atoms with Gasteiger partial charge in [0.25, 0.3) is 11.8 Å². The summed E-state index contributed by atoms with van der Waals surface area (Å²) in [7, 11) is 0. The number of hydrogen-bond acceptors (Lipinski definition) is 5. The summed E-state index contributed by atoms with van der Waals surface area (Å²) in [5.74, 6) is -0.293. The molecule has 6 heteroatoms. The first-order valence-electron chi connectivity index (χ1n) is 6.70. The lowest BCUT2D eigenvalue weighted by molar-refractivity contribution is -0.122. The maximum atomic E-state index is 12.2. The van der Waals surface area contributed by atoms with Crippen molar-refractivity contribution in [1.82, 2.24) is 5.32 Å². The highest BCUT2D eigenvalue weighted by atomic mass is 32.1. The average Bonchev–Trinajstić information content (AvgIpc) is 2.84. The van der Waals surface area contributed by atoms with Gasteiger partial charge in [-0.25, -0.2) is 0 Å². The second-order valence-corrected chi connectivity index (χ2v) is 5.01. The van der Waals surface area contributed by atoms with E-state index in [2.05, 4.69) is 17.5 Å². The Bertz CT molecular complexity index is 823. The summed E-state index contributed by atoms with van der Waals surface area (Å²) in [5.41, 5.74) is 2.85. The van der Waals surface area contributed by atoms with Crippen molar-refractivity contribution < 1.29 is 19.4 Å². The number of phenolic OH excluding ortho intramolecular Hbond substituents is 1. The van der Waals surface area contributed by atoms with Crippen molar-refractivity contribution in [3.8, 4) is 11.5 Å². The van der Waals surface area contributed by atoms with Crippen LogP contribution in [0.25, 0.3) is 11.1 Å². The average molecular weight is 325 g/mol. The number of hydrogen-bond donors (Lipinski definition) is 2. The van der Waals surface area contributed by atoms with E-state index in [1.165, 1.54) is 12.1 Å². The van der Waals surface area contributed by atoms with Crippen LogP contribution in [-0.2, 0) is 9.59 Å². The number of nitrogens with one attached hydrogen (secondary N) is 1. The van der Waals surface area contributed by atoms with Gasteiger partial charge in [-0.1, -0.05) is 24.3 Å². The fourth-order valence-electron chi connectivity index (χ4n) is 2.39. The summed E-state index contributed by atoms with van der Waals surface area (Å²) >= 11 is 4.62. The maximum absolute atomic E-state index is 12.2. The first-order valence-corrected chi connectivity index (χ1v) is 7.17. The smallest absolute Gasteiger partial charge is 0.259 e. The first-order chi connectivity index (χ1) is 11.1. The lowest BCUT2D eigenvalue weighted by Crippen LogP contribution is -2.22. The number of rotatable bonds is 4. The Morgan fingerprint density at radius 1 is 0.870 bits per heavy atom. The van der Waals surface area contributed by atoms with E-state index in [1.54, 1.807) is 36.4 Å². The van der Waals surface area contributed by atoms with E-state index in [9.17, 15) is 14.7 Å². The van der Waals surface area contributed by atoms with Gasteiger partial charge < -0.3 is 9.84 Å². The number of ether oxygens (including phenoxy) is 1. The fourth-order valence-corrected chi connectivity index (χ4v) is 2.50. The Morgan fingerprint density at radius 2 is 1.35 bits per heavy atom. The number of phenols is 1. The van der Waals surface area contributed by atoms with Gasteiger partial charge in [-0.3, -0.25) is 14.9 Å². The zero-order valence-electron chi connectivity index (χ0n) is 11.8. The highest BCUT2D eigenvalue weighted by Gasteiger charge is 2.32. The number of benzene rings is 2. The normalized spacial score (nSPS) is 13.9. The zero-order chi connectivity index (χ0) is 16.4. The van der Waals surface area contributed by atoms with Gasteiger partial charge in [0.15, 0.2) is 5.55 Å². The van der Waals surface area contributed by atoms with Crippen molar-refractivity contribution in [2.75, 3.05) is 0 Å². The van der Waals surface area contributed by atoms with Gasteiger partial charge in [-0.05, 0) is 47.6 Å². The molecule has 114 valence electrons. The second kappa shape index (κ2) is 6.02. The van der Waals surface area contributed by atoms with Crippen LogP contribution in [0, 0.1) is 0 Å². The zero-order valence-corrected chi connectivity index (χ0v) is 12.6. The fraction of sp³-hybridized carbons (Fsp3) is 0. The molecule has 0 radical (unpaired) electrons. The molecular formula is C17H11NO4S. The van der Waals surface area contributed by atoms with Crippen LogP contribution < -0.4 is 10.1 Å². The number of aromatic hydroxyl groups is 1. The Hall–Kier alpha value is -2.99. The molecule has 23 heavy (non-hydrogen) atoms. The van der Waals surface area contributed by atoms with E-state index < -0.39 is 11.8 Å². The van der Waals surface area contributed by atoms with Crippen molar-refractivity contribution in [3.63, 3.8) is 0 Å². The third-order valence-corrected chi connectivity index (χ3v) is 3.51. The molecule has 3 rings (SSSR count). The van der Waals surface area contributed by atoms with Crippen LogP contribution in [0.3, 0.4) is 0 Å². The highest BCUT2D eigenvalue weighted by Crippen LogP contribution is 2.32. The minimum atomic E-state index is -0.463. The highest BCUT2D eigenvalue weighted by molar-refractivity contribution is 7.78. The van der Waals surface area contributed by atoms with Gasteiger partial charge in [0.2, 0.25) is 0 Å². The summed E-state index contributed by atoms with van der Waals surface area (Å²) in [6.07, 6.45) is 0.